The number of hydrogen-bond acceptors (Lipinski definition) is 4. The maximum atomic E-state index is 12.2. The zero-order chi connectivity index (χ0) is 17.2. The Morgan fingerprint density at radius 2 is 1.75 bits per heavy atom. The van der Waals surface area contributed by atoms with Gasteiger partial charge in [-0.2, -0.15) is 5.26 Å². The second kappa shape index (κ2) is 8.96. The van der Waals surface area contributed by atoms with Gasteiger partial charge in [0.05, 0.1) is 23.9 Å². The summed E-state index contributed by atoms with van der Waals surface area (Å²) < 4.78 is 5.50. The molecule has 0 saturated heterocycles. The summed E-state index contributed by atoms with van der Waals surface area (Å²) in [4.78, 5) is 23.8. The van der Waals surface area contributed by atoms with E-state index in [9.17, 15) is 9.59 Å². The quantitative estimate of drug-likeness (QED) is 0.765. The minimum Gasteiger partial charge on any atom is -0.492 e. The largest absolute Gasteiger partial charge is 0.492 e. The summed E-state index contributed by atoms with van der Waals surface area (Å²) in [5.41, 5.74) is 0.711. The van der Waals surface area contributed by atoms with Crippen molar-refractivity contribution < 1.29 is 14.3 Å². The van der Waals surface area contributed by atoms with Gasteiger partial charge in [-0.15, -0.1) is 0 Å². The lowest BCUT2D eigenvalue weighted by Crippen LogP contribution is -2.29. The van der Waals surface area contributed by atoms with Crippen LogP contribution in [0.2, 0.25) is 0 Å². The highest BCUT2D eigenvalue weighted by molar-refractivity contribution is 6.04. The normalized spacial score (nSPS) is 9.62. The average Bonchev–Trinajstić information content (AvgIpc) is 2.60. The van der Waals surface area contributed by atoms with Crippen molar-refractivity contribution in [3.05, 3.63) is 60.2 Å². The first-order chi connectivity index (χ1) is 11.7. The molecule has 6 heteroatoms. The van der Waals surface area contributed by atoms with E-state index < -0.39 is 5.91 Å². The molecule has 0 aromatic heterocycles. The van der Waals surface area contributed by atoms with Crippen LogP contribution in [0.4, 0.5) is 5.69 Å². The van der Waals surface area contributed by atoms with Crippen LogP contribution in [0.1, 0.15) is 16.8 Å². The van der Waals surface area contributed by atoms with Crippen molar-refractivity contribution in [3.8, 4) is 11.8 Å². The van der Waals surface area contributed by atoms with Crippen LogP contribution in [-0.2, 0) is 4.79 Å². The third kappa shape index (κ3) is 5.14. The van der Waals surface area contributed by atoms with Gasteiger partial charge in [0.25, 0.3) is 5.91 Å². The molecule has 0 atom stereocenters. The molecule has 2 aromatic rings. The van der Waals surface area contributed by atoms with Crippen LogP contribution >= 0.6 is 0 Å². The molecule has 2 amide bonds. The van der Waals surface area contributed by atoms with E-state index in [1.165, 1.54) is 0 Å². The summed E-state index contributed by atoms with van der Waals surface area (Å²) in [6.45, 7) is 0.660. The van der Waals surface area contributed by atoms with Gasteiger partial charge in [-0.1, -0.05) is 30.3 Å². The number of nitrogens with zero attached hydrogens (tertiary/aromatic N) is 1. The summed E-state index contributed by atoms with van der Waals surface area (Å²) in [5, 5.41) is 13.8. The fraction of sp³-hybridized carbons (Fsp3) is 0.167. The van der Waals surface area contributed by atoms with E-state index in [2.05, 4.69) is 10.6 Å². The van der Waals surface area contributed by atoms with Crippen LogP contribution in [0.5, 0.6) is 5.75 Å². The number of carbonyl (C=O) groups is 2. The number of ether oxygens (including phenoxy) is 1. The molecule has 24 heavy (non-hydrogen) atoms. The molecular formula is C18H17N3O3. The highest BCUT2D eigenvalue weighted by Gasteiger charge is 2.12. The van der Waals surface area contributed by atoms with Gasteiger partial charge in [0, 0.05) is 0 Å². The van der Waals surface area contributed by atoms with E-state index in [0.717, 1.165) is 5.75 Å². The molecule has 2 aromatic carbocycles. The van der Waals surface area contributed by atoms with Crippen LogP contribution in [0.25, 0.3) is 0 Å². The highest BCUT2D eigenvalue weighted by atomic mass is 16.5. The van der Waals surface area contributed by atoms with Gasteiger partial charge in [-0.05, 0) is 24.3 Å². The first-order valence-corrected chi connectivity index (χ1v) is 7.42. The number of nitriles is 1. The molecule has 6 nitrogen and oxygen atoms in total. The van der Waals surface area contributed by atoms with Gasteiger partial charge >= 0.3 is 0 Å². The zero-order valence-electron chi connectivity index (χ0n) is 13.0. The van der Waals surface area contributed by atoms with Gasteiger partial charge in [0.2, 0.25) is 5.91 Å². The number of rotatable bonds is 7. The Balaban J connectivity index is 1.88. The summed E-state index contributed by atoms with van der Waals surface area (Å²) in [6.07, 6.45) is -0.263. The Kier molecular flexibility index (Phi) is 6.35. The fourth-order valence-electron chi connectivity index (χ4n) is 2.00. The van der Waals surface area contributed by atoms with E-state index >= 15 is 0 Å². The number of para-hydroxylation sites is 2. The summed E-state index contributed by atoms with van der Waals surface area (Å²) in [6, 6.07) is 17.7. The molecule has 0 bridgehead atoms. The van der Waals surface area contributed by atoms with Gasteiger partial charge in [-0.3, -0.25) is 9.59 Å². The smallest absolute Gasteiger partial charge is 0.253 e. The lowest BCUT2D eigenvalue weighted by Gasteiger charge is -2.11. The van der Waals surface area contributed by atoms with Crippen molar-refractivity contribution in [1.82, 2.24) is 5.32 Å². The molecule has 0 heterocycles. The van der Waals surface area contributed by atoms with Crippen molar-refractivity contribution in [3.63, 3.8) is 0 Å². The fourth-order valence-corrected chi connectivity index (χ4v) is 2.00. The Morgan fingerprint density at radius 3 is 2.50 bits per heavy atom. The molecule has 122 valence electrons. The van der Waals surface area contributed by atoms with Crippen molar-refractivity contribution in [1.29, 1.82) is 5.26 Å². The van der Waals surface area contributed by atoms with E-state index in [1.54, 1.807) is 30.3 Å². The monoisotopic (exact) mass is 323 g/mol. The Morgan fingerprint density at radius 1 is 1.04 bits per heavy atom. The van der Waals surface area contributed by atoms with E-state index in [4.69, 9.17) is 10.00 Å². The first-order valence-electron chi connectivity index (χ1n) is 7.42. The molecule has 2 N–H and O–H groups in total. The van der Waals surface area contributed by atoms with Gasteiger partial charge in [0.1, 0.15) is 18.8 Å². The second-order valence-electron chi connectivity index (χ2n) is 4.85. The van der Waals surface area contributed by atoms with Crippen LogP contribution in [0.3, 0.4) is 0 Å². The third-order valence-electron chi connectivity index (χ3n) is 3.08. The molecule has 0 unspecified atom stereocenters. The zero-order valence-corrected chi connectivity index (χ0v) is 13.0. The van der Waals surface area contributed by atoms with Crippen LogP contribution in [0.15, 0.2) is 54.6 Å². The summed E-state index contributed by atoms with van der Waals surface area (Å²) >= 11 is 0. The first kappa shape index (κ1) is 17.0. The lowest BCUT2D eigenvalue weighted by molar-refractivity contribution is -0.115. The number of carbonyl (C=O) groups excluding carboxylic acids is 2. The Bertz CT molecular complexity index is 739. The second-order valence-corrected chi connectivity index (χ2v) is 4.85. The predicted octanol–water partition coefficient (Wildman–Crippen LogP) is 2.35. The summed E-state index contributed by atoms with van der Waals surface area (Å²) in [5.74, 6) is -0.0411. The highest BCUT2D eigenvalue weighted by Crippen LogP contribution is 2.15. The van der Waals surface area contributed by atoms with Crippen molar-refractivity contribution >= 4 is 17.5 Å². The van der Waals surface area contributed by atoms with Crippen LogP contribution in [0, 0.1) is 11.3 Å². The maximum Gasteiger partial charge on any atom is 0.253 e. The number of amides is 2. The van der Waals surface area contributed by atoms with Crippen molar-refractivity contribution in [2.24, 2.45) is 0 Å². The predicted molar refractivity (Wildman–Crippen MR) is 89.6 cm³/mol. The molecule has 0 aliphatic carbocycles. The minimum absolute atomic E-state index is 0.263. The number of hydrogen-bond donors (Lipinski definition) is 2. The van der Waals surface area contributed by atoms with Gasteiger partial charge < -0.3 is 15.4 Å². The molecule has 0 saturated carbocycles. The minimum atomic E-state index is -0.454. The molecule has 2 rings (SSSR count). The number of benzene rings is 2. The molecule has 0 aliphatic heterocycles. The molecule has 0 fully saturated rings. The van der Waals surface area contributed by atoms with E-state index in [0.29, 0.717) is 24.4 Å². The summed E-state index contributed by atoms with van der Waals surface area (Å²) in [7, 11) is 0. The SMILES string of the molecule is N#CCC(=O)Nc1ccccc1C(=O)NCCOc1ccccc1. The lowest BCUT2D eigenvalue weighted by atomic mass is 10.1. The van der Waals surface area contributed by atoms with E-state index in [1.807, 2.05) is 30.3 Å². The topological polar surface area (TPSA) is 91.2 Å². The average molecular weight is 323 g/mol. The molecule has 0 spiro atoms. The van der Waals surface area contributed by atoms with Crippen LogP contribution < -0.4 is 15.4 Å². The van der Waals surface area contributed by atoms with Crippen molar-refractivity contribution in [2.75, 3.05) is 18.5 Å². The number of anilines is 1. The third-order valence-corrected chi connectivity index (χ3v) is 3.08. The maximum absolute atomic E-state index is 12.2. The van der Waals surface area contributed by atoms with E-state index in [-0.39, 0.29) is 12.3 Å². The molecule has 0 radical (unpaired) electrons. The number of nitrogens with one attached hydrogen (secondary N) is 2. The van der Waals surface area contributed by atoms with Gasteiger partial charge in [0.15, 0.2) is 0 Å². The Labute approximate surface area is 140 Å². The molecular weight excluding hydrogens is 306 g/mol. The Hall–Kier alpha value is -3.33. The molecule has 0 aliphatic rings. The van der Waals surface area contributed by atoms with Gasteiger partial charge in [-0.25, -0.2) is 0 Å². The van der Waals surface area contributed by atoms with Crippen LogP contribution in [-0.4, -0.2) is 25.0 Å². The standard InChI is InChI=1S/C18H17N3O3/c19-11-10-17(22)21-16-9-5-4-8-15(16)18(23)20-12-13-24-14-6-2-1-3-7-14/h1-9H,10,12-13H2,(H,20,23)(H,21,22). The van der Waals surface area contributed by atoms with Crippen molar-refractivity contribution in [2.45, 2.75) is 6.42 Å².